The van der Waals surface area contributed by atoms with Crippen molar-refractivity contribution >= 4 is 21.6 Å². The normalized spacial score (nSPS) is 12.2. The summed E-state index contributed by atoms with van der Waals surface area (Å²) in [5.74, 6) is 0.237. The zero-order chi connectivity index (χ0) is 22.3. The van der Waals surface area contributed by atoms with Gasteiger partial charge >= 0.3 is 0 Å². The van der Waals surface area contributed by atoms with Gasteiger partial charge in [-0.05, 0) is 38.3 Å². The van der Waals surface area contributed by atoms with Crippen molar-refractivity contribution in [2.75, 3.05) is 31.3 Å². The maximum Gasteiger partial charge on any atom is 0.253 e. The number of anilines is 1. The fourth-order valence-corrected chi connectivity index (χ4v) is 3.89. The van der Waals surface area contributed by atoms with Crippen LogP contribution in [0.1, 0.15) is 36.2 Å². The molecule has 164 valence electrons. The van der Waals surface area contributed by atoms with Gasteiger partial charge < -0.3 is 14.8 Å². The number of rotatable bonds is 10. The summed E-state index contributed by atoms with van der Waals surface area (Å²) in [4.78, 5) is 13.0. The molecule has 2 aromatic carbocycles. The van der Waals surface area contributed by atoms with Crippen molar-refractivity contribution < 1.29 is 22.7 Å². The van der Waals surface area contributed by atoms with E-state index in [1.807, 2.05) is 37.3 Å². The number of benzene rings is 2. The number of aryl methyl sites for hydroxylation is 1. The van der Waals surface area contributed by atoms with Gasteiger partial charge in [0.05, 0.1) is 31.2 Å². The minimum atomic E-state index is -3.57. The van der Waals surface area contributed by atoms with Crippen molar-refractivity contribution in [3.05, 3.63) is 53.6 Å². The standard InChI is InChI=1S/C22H30N2O5S/c1-6-30(26,27)24(3)19-15-21(29-5)20(28-4)14-18(19)22(25)23-16(2)12-13-17-10-8-7-9-11-17/h7-11,14-16H,6,12-13H2,1-5H3,(H,23,25)/t16-/m1/s1. The van der Waals surface area contributed by atoms with E-state index in [1.165, 1.54) is 39.0 Å². The van der Waals surface area contributed by atoms with Crippen molar-refractivity contribution in [3.63, 3.8) is 0 Å². The maximum atomic E-state index is 13.0. The third kappa shape index (κ3) is 5.66. The summed E-state index contributed by atoms with van der Waals surface area (Å²) < 4.78 is 36.6. The largest absolute Gasteiger partial charge is 0.493 e. The van der Waals surface area contributed by atoms with Gasteiger partial charge in [-0.3, -0.25) is 9.10 Å². The number of amides is 1. The Balaban J connectivity index is 2.29. The fraction of sp³-hybridized carbons (Fsp3) is 0.409. The van der Waals surface area contributed by atoms with Crippen molar-refractivity contribution in [1.82, 2.24) is 5.32 Å². The lowest BCUT2D eigenvalue weighted by Crippen LogP contribution is -2.35. The Labute approximate surface area is 179 Å². The van der Waals surface area contributed by atoms with Crippen LogP contribution in [0.3, 0.4) is 0 Å². The highest BCUT2D eigenvalue weighted by molar-refractivity contribution is 7.92. The Morgan fingerprint density at radius 2 is 1.70 bits per heavy atom. The molecule has 7 nitrogen and oxygen atoms in total. The average Bonchev–Trinajstić information content (AvgIpc) is 2.76. The first-order valence-electron chi connectivity index (χ1n) is 9.80. The molecule has 0 saturated carbocycles. The van der Waals surface area contributed by atoms with Gasteiger partial charge in [-0.25, -0.2) is 8.42 Å². The Bertz CT molecular complexity index is 961. The molecular formula is C22H30N2O5S. The lowest BCUT2D eigenvalue weighted by molar-refractivity contribution is 0.0938. The number of hydrogen-bond acceptors (Lipinski definition) is 5. The summed E-state index contributed by atoms with van der Waals surface area (Å²) in [5, 5.41) is 2.96. The average molecular weight is 435 g/mol. The van der Waals surface area contributed by atoms with Gasteiger partial charge in [0.1, 0.15) is 0 Å². The van der Waals surface area contributed by atoms with Crippen LogP contribution in [-0.4, -0.2) is 47.4 Å². The molecule has 0 radical (unpaired) electrons. The highest BCUT2D eigenvalue weighted by atomic mass is 32.2. The summed E-state index contributed by atoms with van der Waals surface area (Å²) >= 11 is 0. The van der Waals surface area contributed by atoms with Gasteiger partial charge in [-0.1, -0.05) is 30.3 Å². The van der Waals surface area contributed by atoms with E-state index in [9.17, 15) is 13.2 Å². The molecule has 0 aliphatic rings. The van der Waals surface area contributed by atoms with Crippen molar-refractivity contribution in [2.24, 2.45) is 0 Å². The monoisotopic (exact) mass is 434 g/mol. The highest BCUT2D eigenvalue weighted by Crippen LogP contribution is 2.36. The number of nitrogens with one attached hydrogen (secondary N) is 1. The summed E-state index contributed by atoms with van der Waals surface area (Å²) in [6.45, 7) is 3.48. The van der Waals surface area contributed by atoms with E-state index >= 15 is 0 Å². The van der Waals surface area contributed by atoms with Crippen LogP contribution >= 0.6 is 0 Å². The van der Waals surface area contributed by atoms with Gasteiger partial charge in [0.15, 0.2) is 11.5 Å². The first-order chi connectivity index (χ1) is 14.2. The highest BCUT2D eigenvalue weighted by Gasteiger charge is 2.25. The van der Waals surface area contributed by atoms with Gasteiger partial charge in [0.25, 0.3) is 5.91 Å². The van der Waals surface area contributed by atoms with E-state index in [-0.39, 0.29) is 29.0 Å². The van der Waals surface area contributed by atoms with E-state index in [4.69, 9.17) is 9.47 Å². The molecule has 1 atom stereocenters. The minimum absolute atomic E-state index is 0.0909. The molecule has 0 unspecified atom stereocenters. The second-order valence-corrected chi connectivity index (χ2v) is 9.28. The molecule has 0 saturated heterocycles. The molecule has 2 rings (SSSR count). The lowest BCUT2D eigenvalue weighted by Gasteiger charge is -2.24. The molecule has 0 aliphatic carbocycles. The van der Waals surface area contributed by atoms with Crippen LogP contribution in [0, 0.1) is 0 Å². The Morgan fingerprint density at radius 1 is 1.10 bits per heavy atom. The smallest absolute Gasteiger partial charge is 0.253 e. The number of hydrogen-bond donors (Lipinski definition) is 1. The van der Waals surface area contributed by atoms with Gasteiger partial charge in [0.2, 0.25) is 10.0 Å². The van der Waals surface area contributed by atoms with E-state index in [0.717, 1.165) is 17.1 Å². The summed E-state index contributed by atoms with van der Waals surface area (Å²) in [5.41, 5.74) is 1.64. The number of carbonyl (C=O) groups excluding carboxylic acids is 1. The van der Waals surface area contributed by atoms with Gasteiger partial charge in [-0.2, -0.15) is 0 Å². The molecule has 1 N–H and O–H groups in total. The van der Waals surface area contributed by atoms with Gasteiger partial charge in [-0.15, -0.1) is 0 Å². The zero-order valence-electron chi connectivity index (χ0n) is 18.1. The van der Waals surface area contributed by atoms with E-state index < -0.39 is 10.0 Å². The third-order valence-corrected chi connectivity index (χ3v) is 6.71. The second kappa shape index (κ2) is 10.3. The molecule has 0 aliphatic heterocycles. The fourth-order valence-electron chi connectivity index (χ4n) is 3.06. The topological polar surface area (TPSA) is 84.9 Å². The molecule has 0 aromatic heterocycles. The number of methoxy groups -OCH3 is 2. The Kier molecular flexibility index (Phi) is 8.11. The van der Waals surface area contributed by atoms with E-state index in [2.05, 4.69) is 5.32 Å². The number of sulfonamides is 1. The maximum absolute atomic E-state index is 13.0. The molecule has 0 fully saturated rings. The van der Waals surface area contributed by atoms with Crippen LogP contribution in [0.25, 0.3) is 0 Å². The zero-order valence-corrected chi connectivity index (χ0v) is 19.0. The molecule has 0 spiro atoms. The lowest BCUT2D eigenvalue weighted by atomic mass is 10.1. The summed E-state index contributed by atoms with van der Waals surface area (Å²) in [6, 6.07) is 12.9. The van der Waals surface area contributed by atoms with Crippen LogP contribution < -0.4 is 19.1 Å². The van der Waals surface area contributed by atoms with E-state index in [0.29, 0.717) is 11.5 Å². The predicted octanol–water partition coefficient (Wildman–Crippen LogP) is 3.24. The first-order valence-corrected chi connectivity index (χ1v) is 11.4. The molecule has 1 amide bonds. The summed E-state index contributed by atoms with van der Waals surface area (Å²) in [6.07, 6.45) is 1.58. The minimum Gasteiger partial charge on any atom is -0.493 e. The van der Waals surface area contributed by atoms with Crippen LogP contribution in [0.15, 0.2) is 42.5 Å². The van der Waals surface area contributed by atoms with Gasteiger partial charge in [0, 0.05) is 19.2 Å². The van der Waals surface area contributed by atoms with Crippen molar-refractivity contribution in [3.8, 4) is 11.5 Å². The number of ether oxygens (including phenoxy) is 2. The Morgan fingerprint density at radius 3 is 2.27 bits per heavy atom. The number of nitrogens with zero attached hydrogens (tertiary/aromatic N) is 1. The first kappa shape index (κ1) is 23.5. The van der Waals surface area contributed by atoms with Crippen LogP contribution in [0.4, 0.5) is 5.69 Å². The van der Waals surface area contributed by atoms with Crippen molar-refractivity contribution in [1.29, 1.82) is 0 Å². The molecular weight excluding hydrogens is 404 g/mol. The van der Waals surface area contributed by atoms with Crippen LogP contribution in [-0.2, 0) is 16.4 Å². The molecule has 30 heavy (non-hydrogen) atoms. The van der Waals surface area contributed by atoms with Crippen LogP contribution in [0.5, 0.6) is 11.5 Å². The second-order valence-electron chi connectivity index (χ2n) is 6.99. The van der Waals surface area contributed by atoms with Crippen molar-refractivity contribution in [2.45, 2.75) is 32.7 Å². The predicted molar refractivity (Wildman–Crippen MR) is 119 cm³/mol. The molecule has 2 aromatic rings. The summed E-state index contributed by atoms with van der Waals surface area (Å²) in [7, 11) is 0.783. The molecule has 0 heterocycles. The third-order valence-electron chi connectivity index (χ3n) is 4.95. The molecule has 8 heteroatoms. The van der Waals surface area contributed by atoms with Crippen LogP contribution in [0.2, 0.25) is 0 Å². The quantitative estimate of drug-likeness (QED) is 0.621. The number of carbonyl (C=O) groups is 1. The van der Waals surface area contributed by atoms with E-state index in [1.54, 1.807) is 6.92 Å². The Hall–Kier alpha value is -2.74. The molecule has 0 bridgehead atoms. The SMILES string of the molecule is CCS(=O)(=O)N(C)c1cc(OC)c(OC)cc1C(=O)N[C@H](C)CCc1ccccc1.